The van der Waals surface area contributed by atoms with E-state index in [9.17, 15) is 19.8 Å². The van der Waals surface area contributed by atoms with Crippen molar-refractivity contribution in [3.8, 4) is 23.1 Å². The maximum Gasteiger partial charge on any atom is 0.341 e. The number of carbonyl (C=O) groups is 2. The van der Waals surface area contributed by atoms with Gasteiger partial charge in [-0.2, -0.15) is 4.98 Å². The van der Waals surface area contributed by atoms with Crippen molar-refractivity contribution in [1.82, 2.24) is 9.55 Å². The van der Waals surface area contributed by atoms with Gasteiger partial charge in [-0.3, -0.25) is 4.79 Å². The van der Waals surface area contributed by atoms with Crippen molar-refractivity contribution in [2.24, 2.45) is 0 Å². The molecule has 200 valence electrons. The molecule has 2 aromatic heterocycles. The highest BCUT2D eigenvalue weighted by molar-refractivity contribution is 6.16. The maximum atomic E-state index is 13.3. The van der Waals surface area contributed by atoms with Crippen LogP contribution < -0.4 is 9.47 Å². The van der Waals surface area contributed by atoms with E-state index >= 15 is 0 Å². The molecule has 2 aromatic carbocycles. The summed E-state index contributed by atoms with van der Waals surface area (Å²) in [5.74, 6) is -1.01. The summed E-state index contributed by atoms with van der Waals surface area (Å²) in [6.07, 6.45) is 3.57. The maximum absolute atomic E-state index is 13.3. The number of carboxylic acid groups (broad SMARTS) is 1. The average Bonchev–Trinajstić information content (AvgIpc) is 3.27. The number of nitrogens with zero attached hydrogens (tertiary/aromatic N) is 2. The molecule has 0 aliphatic rings. The molecule has 0 bridgehead atoms. The number of aliphatic carboxylic acids is 1. The van der Waals surface area contributed by atoms with Crippen molar-refractivity contribution < 1.29 is 34.4 Å². The summed E-state index contributed by atoms with van der Waals surface area (Å²) in [6.45, 7) is 6.28. The summed E-state index contributed by atoms with van der Waals surface area (Å²) in [4.78, 5) is 28.8. The number of hydrogen-bond donors (Lipinski definition) is 3. The van der Waals surface area contributed by atoms with E-state index in [1.54, 1.807) is 47.2 Å². The fourth-order valence-electron chi connectivity index (χ4n) is 3.73. The number of ketones is 1. The standard InChI is InChI=1S/C27H26N2O7.C2H6/c1-2-3-12-35-24-11-9-20-21(26(34)18-5-7-19(30)8-6-18)15-29(27(20)28-24)14-17-4-10-22(31)23(13-17)36-16-25(32)33;1-2/h4-11,13,15,30-31H,2-3,12,14,16H2,1H3,(H,32,33);1-2H3. The first-order chi connectivity index (χ1) is 18.4. The Morgan fingerprint density at radius 3 is 2.39 bits per heavy atom. The van der Waals surface area contributed by atoms with Gasteiger partial charge in [0.1, 0.15) is 11.4 Å². The lowest BCUT2D eigenvalue weighted by Gasteiger charge is -2.10. The largest absolute Gasteiger partial charge is 0.508 e. The second kappa shape index (κ2) is 13.1. The van der Waals surface area contributed by atoms with Gasteiger partial charge in [0, 0.05) is 35.3 Å². The zero-order chi connectivity index (χ0) is 27.7. The summed E-state index contributed by atoms with van der Waals surface area (Å²) in [7, 11) is 0. The van der Waals surface area contributed by atoms with Crippen molar-refractivity contribution in [1.29, 1.82) is 0 Å². The normalized spacial score (nSPS) is 10.5. The summed E-state index contributed by atoms with van der Waals surface area (Å²) in [6, 6.07) is 14.2. The minimum absolute atomic E-state index is 0.0447. The van der Waals surface area contributed by atoms with E-state index in [0.29, 0.717) is 40.2 Å². The van der Waals surface area contributed by atoms with Gasteiger partial charge in [0.25, 0.3) is 0 Å². The SMILES string of the molecule is CC.CCCCOc1ccc2c(C(=O)c3ccc(O)cc3)cn(Cc3ccc(O)c(OCC(=O)O)c3)c2n1. The number of aromatic hydroxyl groups is 2. The van der Waals surface area contributed by atoms with E-state index in [-0.39, 0.29) is 29.6 Å². The van der Waals surface area contributed by atoms with Crippen LogP contribution in [-0.2, 0) is 11.3 Å². The lowest BCUT2D eigenvalue weighted by atomic mass is 10.0. The highest BCUT2D eigenvalue weighted by Crippen LogP contribution is 2.30. The predicted molar refractivity (Wildman–Crippen MR) is 143 cm³/mol. The van der Waals surface area contributed by atoms with E-state index in [2.05, 4.69) is 11.9 Å². The molecule has 0 amide bonds. The first-order valence-electron chi connectivity index (χ1n) is 12.5. The molecule has 3 N–H and O–H groups in total. The van der Waals surface area contributed by atoms with Crippen LogP contribution in [0.1, 0.15) is 55.1 Å². The highest BCUT2D eigenvalue weighted by atomic mass is 16.5. The van der Waals surface area contributed by atoms with Crippen molar-refractivity contribution in [3.63, 3.8) is 0 Å². The second-order valence-electron chi connectivity index (χ2n) is 8.25. The van der Waals surface area contributed by atoms with Crippen LogP contribution in [0.5, 0.6) is 23.1 Å². The first kappa shape index (κ1) is 28.0. The molecule has 4 aromatic rings. The summed E-state index contributed by atoms with van der Waals surface area (Å²) < 4.78 is 12.7. The van der Waals surface area contributed by atoms with E-state index in [1.165, 1.54) is 18.2 Å². The Bertz CT molecular complexity index is 1390. The number of benzene rings is 2. The second-order valence-corrected chi connectivity index (χ2v) is 8.25. The van der Waals surface area contributed by atoms with E-state index in [4.69, 9.17) is 14.6 Å². The molecule has 38 heavy (non-hydrogen) atoms. The molecule has 0 saturated heterocycles. The molecule has 2 heterocycles. The van der Waals surface area contributed by atoms with Gasteiger partial charge < -0.3 is 29.4 Å². The number of fused-ring (bicyclic) bond motifs is 1. The molecule has 0 saturated carbocycles. The van der Waals surface area contributed by atoms with Gasteiger partial charge in [0.05, 0.1) is 6.61 Å². The Hall–Kier alpha value is -4.53. The monoisotopic (exact) mass is 520 g/mol. The van der Waals surface area contributed by atoms with Crippen LogP contribution in [-0.4, -0.2) is 49.8 Å². The third-order valence-electron chi connectivity index (χ3n) is 5.55. The topological polar surface area (TPSA) is 131 Å². The number of carbonyl (C=O) groups excluding carboxylic acids is 1. The molecule has 0 aliphatic heterocycles. The van der Waals surface area contributed by atoms with Gasteiger partial charge in [0.15, 0.2) is 23.9 Å². The Morgan fingerprint density at radius 1 is 0.974 bits per heavy atom. The van der Waals surface area contributed by atoms with Gasteiger partial charge in [0.2, 0.25) is 5.88 Å². The lowest BCUT2D eigenvalue weighted by molar-refractivity contribution is -0.139. The number of hydrogen-bond acceptors (Lipinski definition) is 7. The third-order valence-corrected chi connectivity index (χ3v) is 5.55. The molecule has 0 aliphatic carbocycles. The van der Waals surface area contributed by atoms with Gasteiger partial charge in [-0.25, -0.2) is 4.79 Å². The van der Waals surface area contributed by atoms with E-state index < -0.39 is 12.6 Å². The molecule has 0 radical (unpaired) electrons. The molecule has 0 unspecified atom stereocenters. The lowest BCUT2D eigenvalue weighted by Crippen LogP contribution is -2.10. The van der Waals surface area contributed by atoms with Gasteiger partial charge in [-0.1, -0.05) is 33.3 Å². The fourth-order valence-corrected chi connectivity index (χ4v) is 3.73. The number of carboxylic acids is 1. The van der Waals surface area contributed by atoms with E-state index in [0.717, 1.165) is 12.8 Å². The Balaban J connectivity index is 0.00000195. The number of ether oxygens (including phenoxy) is 2. The number of unbranched alkanes of at least 4 members (excludes halogenated alkanes) is 1. The fraction of sp³-hybridized carbons (Fsp3) is 0.276. The Labute approximate surface area is 220 Å². The van der Waals surface area contributed by atoms with Crippen molar-refractivity contribution in [3.05, 3.63) is 77.5 Å². The van der Waals surface area contributed by atoms with Gasteiger partial charge in [-0.05, 0) is 54.4 Å². The zero-order valence-corrected chi connectivity index (χ0v) is 21.7. The van der Waals surface area contributed by atoms with Crippen LogP contribution in [0.25, 0.3) is 11.0 Å². The smallest absolute Gasteiger partial charge is 0.341 e. The molecular formula is C29H32N2O7. The summed E-state index contributed by atoms with van der Waals surface area (Å²) in [5.41, 5.74) is 2.09. The number of rotatable bonds is 11. The first-order valence-corrected chi connectivity index (χ1v) is 12.5. The third kappa shape index (κ3) is 6.82. The molecule has 0 spiro atoms. The number of pyridine rings is 1. The summed E-state index contributed by atoms with van der Waals surface area (Å²) >= 11 is 0. The zero-order valence-electron chi connectivity index (χ0n) is 21.7. The van der Waals surface area contributed by atoms with Crippen LogP contribution in [0.2, 0.25) is 0 Å². The van der Waals surface area contributed by atoms with Gasteiger partial charge >= 0.3 is 5.97 Å². The molecular weight excluding hydrogens is 488 g/mol. The predicted octanol–water partition coefficient (Wildman–Crippen LogP) is 5.40. The van der Waals surface area contributed by atoms with Crippen LogP contribution in [0.3, 0.4) is 0 Å². The molecule has 0 fully saturated rings. The quantitative estimate of drug-likeness (QED) is 0.177. The molecule has 9 heteroatoms. The number of aromatic nitrogens is 2. The van der Waals surface area contributed by atoms with Crippen LogP contribution >= 0.6 is 0 Å². The van der Waals surface area contributed by atoms with Crippen LogP contribution in [0.15, 0.2) is 60.8 Å². The molecule has 0 atom stereocenters. The average molecular weight is 521 g/mol. The van der Waals surface area contributed by atoms with Crippen LogP contribution in [0.4, 0.5) is 0 Å². The van der Waals surface area contributed by atoms with Crippen molar-refractivity contribution in [2.75, 3.05) is 13.2 Å². The molecule has 9 nitrogen and oxygen atoms in total. The minimum atomic E-state index is -1.16. The Kier molecular flexibility index (Phi) is 9.70. The highest BCUT2D eigenvalue weighted by Gasteiger charge is 2.19. The number of phenolic OH excluding ortho intramolecular Hbond substituents is 2. The van der Waals surface area contributed by atoms with Crippen molar-refractivity contribution >= 4 is 22.8 Å². The minimum Gasteiger partial charge on any atom is -0.508 e. The number of phenols is 2. The Morgan fingerprint density at radius 2 is 1.71 bits per heavy atom. The van der Waals surface area contributed by atoms with Gasteiger partial charge in [-0.15, -0.1) is 0 Å². The van der Waals surface area contributed by atoms with Crippen LogP contribution in [0, 0.1) is 0 Å². The van der Waals surface area contributed by atoms with E-state index in [1.807, 2.05) is 13.8 Å². The van der Waals surface area contributed by atoms with Crippen molar-refractivity contribution in [2.45, 2.75) is 40.2 Å². The molecule has 4 rings (SSSR count). The summed E-state index contributed by atoms with van der Waals surface area (Å²) in [5, 5.41) is 29.1.